The van der Waals surface area contributed by atoms with Crippen molar-refractivity contribution >= 4 is 0 Å². The molecule has 0 spiro atoms. The van der Waals surface area contributed by atoms with Crippen LogP contribution in [0.1, 0.15) is 45.7 Å². The van der Waals surface area contributed by atoms with E-state index in [0.29, 0.717) is 17.5 Å². The van der Waals surface area contributed by atoms with Gasteiger partial charge in [0.05, 0.1) is 0 Å². The van der Waals surface area contributed by atoms with E-state index < -0.39 is 5.82 Å². The smallest absolute Gasteiger partial charge is 0.128 e. The van der Waals surface area contributed by atoms with Crippen molar-refractivity contribution in [3.8, 4) is 0 Å². The summed E-state index contributed by atoms with van der Waals surface area (Å²) in [6.07, 6.45) is 0.971. The molecular formula is C14H21F2N. The Hall–Kier alpha value is -0.960. The first-order chi connectivity index (χ1) is 7.95. The minimum absolute atomic E-state index is 0.182. The number of hydrogen-bond donors (Lipinski definition) is 1. The number of hydrogen-bond acceptors (Lipinski definition) is 1. The van der Waals surface area contributed by atoms with Crippen LogP contribution >= 0.6 is 0 Å². The minimum Gasteiger partial charge on any atom is -0.307 e. The highest BCUT2D eigenvalue weighted by Gasteiger charge is 2.17. The highest BCUT2D eigenvalue weighted by atomic mass is 19.1. The Labute approximate surface area is 102 Å². The fraction of sp³-hybridized carbons (Fsp3) is 0.571. The Morgan fingerprint density at radius 1 is 1.18 bits per heavy atom. The molecule has 2 atom stereocenters. The normalized spacial score (nSPS) is 15.0. The molecule has 1 N–H and O–H groups in total. The zero-order valence-corrected chi connectivity index (χ0v) is 10.9. The highest BCUT2D eigenvalue weighted by Crippen LogP contribution is 2.20. The van der Waals surface area contributed by atoms with Gasteiger partial charge in [-0.15, -0.1) is 0 Å². The maximum atomic E-state index is 13.6. The molecule has 17 heavy (non-hydrogen) atoms. The molecule has 1 aromatic carbocycles. The Bertz CT molecular complexity index is 363. The lowest BCUT2D eigenvalue weighted by Crippen LogP contribution is -2.35. The molecule has 1 rings (SSSR count). The van der Waals surface area contributed by atoms with Crippen LogP contribution in [0.25, 0.3) is 0 Å². The topological polar surface area (TPSA) is 12.0 Å². The van der Waals surface area contributed by atoms with E-state index in [-0.39, 0.29) is 11.9 Å². The summed E-state index contributed by atoms with van der Waals surface area (Å²) in [6.45, 7) is 8.20. The van der Waals surface area contributed by atoms with Gasteiger partial charge in [0.1, 0.15) is 11.6 Å². The number of benzene rings is 1. The molecule has 0 heterocycles. The summed E-state index contributed by atoms with van der Waals surface area (Å²) >= 11 is 0. The summed E-state index contributed by atoms with van der Waals surface area (Å²) in [5, 5.41) is 3.34. The highest BCUT2D eigenvalue weighted by molar-refractivity contribution is 5.21. The predicted octanol–water partition coefficient (Wildman–Crippen LogP) is 4.05. The Morgan fingerprint density at radius 3 is 2.35 bits per heavy atom. The predicted molar refractivity (Wildman–Crippen MR) is 66.8 cm³/mol. The van der Waals surface area contributed by atoms with Crippen molar-refractivity contribution in [2.75, 3.05) is 0 Å². The van der Waals surface area contributed by atoms with Crippen LogP contribution in [0.15, 0.2) is 18.2 Å². The van der Waals surface area contributed by atoms with Gasteiger partial charge in [0, 0.05) is 17.6 Å². The molecule has 0 fully saturated rings. The average Bonchev–Trinajstić information content (AvgIpc) is 2.28. The van der Waals surface area contributed by atoms with Crippen LogP contribution in [0, 0.1) is 17.6 Å². The minimum atomic E-state index is -0.396. The molecule has 0 saturated heterocycles. The van der Waals surface area contributed by atoms with Crippen molar-refractivity contribution in [1.82, 2.24) is 5.32 Å². The average molecular weight is 241 g/mol. The van der Waals surface area contributed by atoms with Crippen molar-refractivity contribution in [3.63, 3.8) is 0 Å². The van der Waals surface area contributed by atoms with Crippen molar-refractivity contribution in [3.05, 3.63) is 35.4 Å². The van der Waals surface area contributed by atoms with Gasteiger partial charge >= 0.3 is 0 Å². The molecular weight excluding hydrogens is 220 g/mol. The van der Waals surface area contributed by atoms with E-state index in [4.69, 9.17) is 0 Å². The van der Waals surface area contributed by atoms with Crippen LogP contribution in [-0.4, -0.2) is 6.04 Å². The maximum absolute atomic E-state index is 13.6. The largest absolute Gasteiger partial charge is 0.307 e. The summed E-state index contributed by atoms with van der Waals surface area (Å²) in [6, 6.07) is 3.72. The SMILES string of the molecule is CCC(NC(C)c1cc(F)ccc1F)C(C)C. The monoisotopic (exact) mass is 241 g/mol. The van der Waals surface area contributed by atoms with Crippen LogP contribution in [0.4, 0.5) is 8.78 Å². The molecule has 3 heteroatoms. The lowest BCUT2D eigenvalue weighted by Gasteiger charge is -2.25. The van der Waals surface area contributed by atoms with E-state index >= 15 is 0 Å². The molecule has 0 bridgehead atoms. The van der Waals surface area contributed by atoms with Crippen LogP contribution in [0.2, 0.25) is 0 Å². The molecule has 0 aliphatic heterocycles. The molecule has 0 saturated carbocycles. The lowest BCUT2D eigenvalue weighted by atomic mass is 9.99. The molecule has 96 valence electrons. The van der Waals surface area contributed by atoms with Gasteiger partial charge < -0.3 is 5.32 Å². The van der Waals surface area contributed by atoms with E-state index in [1.165, 1.54) is 12.1 Å². The van der Waals surface area contributed by atoms with E-state index in [2.05, 4.69) is 26.1 Å². The number of nitrogens with one attached hydrogen (secondary N) is 1. The number of halogens is 2. The van der Waals surface area contributed by atoms with Crippen LogP contribution in [0.3, 0.4) is 0 Å². The fourth-order valence-electron chi connectivity index (χ4n) is 2.04. The molecule has 0 amide bonds. The van der Waals surface area contributed by atoms with Gasteiger partial charge in [-0.05, 0) is 37.5 Å². The van der Waals surface area contributed by atoms with Crippen LogP contribution in [0.5, 0.6) is 0 Å². The third kappa shape index (κ3) is 3.77. The van der Waals surface area contributed by atoms with Crippen molar-refractivity contribution in [2.24, 2.45) is 5.92 Å². The second-order valence-corrected chi connectivity index (χ2v) is 4.81. The Balaban J connectivity index is 2.81. The second-order valence-electron chi connectivity index (χ2n) is 4.81. The number of rotatable bonds is 5. The van der Waals surface area contributed by atoms with E-state index in [0.717, 1.165) is 12.5 Å². The third-order valence-electron chi connectivity index (χ3n) is 3.13. The van der Waals surface area contributed by atoms with Gasteiger partial charge in [-0.1, -0.05) is 20.8 Å². The molecule has 0 aliphatic rings. The fourth-order valence-corrected chi connectivity index (χ4v) is 2.04. The van der Waals surface area contributed by atoms with Gasteiger partial charge in [0.2, 0.25) is 0 Å². The summed E-state index contributed by atoms with van der Waals surface area (Å²) in [7, 11) is 0. The summed E-state index contributed by atoms with van der Waals surface area (Å²) in [5.74, 6) is -0.281. The van der Waals surface area contributed by atoms with Crippen molar-refractivity contribution in [2.45, 2.75) is 46.2 Å². The van der Waals surface area contributed by atoms with Crippen molar-refractivity contribution in [1.29, 1.82) is 0 Å². The summed E-state index contributed by atoms with van der Waals surface area (Å²) in [5.41, 5.74) is 0.393. The van der Waals surface area contributed by atoms with Gasteiger partial charge in [-0.25, -0.2) is 8.78 Å². The molecule has 0 radical (unpaired) electrons. The van der Waals surface area contributed by atoms with Gasteiger partial charge in [-0.2, -0.15) is 0 Å². The quantitative estimate of drug-likeness (QED) is 0.820. The van der Waals surface area contributed by atoms with E-state index in [1.54, 1.807) is 0 Å². The van der Waals surface area contributed by atoms with E-state index in [1.807, 2.05) is 6.92 Å². The zero-order valence-electron chi connectivity index (χ0n) is 10.9. The first-order valence-electron chi connectivity index (χ1n) is 6.16. The third-order valence-corrected chi connectivity index (χ3v) is 3.13. The molecule has 1 aromatic rings. The molecule has 1 nitrogen and oxygen atoms in total. The zero-order chi connectivity index (χ0) is 13.0. The van der Waals surface area contributed by atoms with Gasteiger partial charge in [0.25, 0.3) is 0 Å². The first-order valence-corrected chi connectivity index (χ1v) is 6.16. The Morgan fingerprint density at radius 2 is 1.82 bits per heavy atom. The summed E-state index contributed by atoms with van der Waals surface area (Å²) in [4.78, 5) is 0. The van der Waals surface area contributed by atoms with Crippen molar-refractivity contribution < 1.29 is 8.78 Å². The lowest BCUT2D eigenvalue weighted by molar-refractivity contribution is 0.350. The Kier molecular flexibility index (Phi) is 5.06. The van der Waals surface area contributed by atoms with Crippen LogP contribution < -0.4 is 5.32 Å². The molecule has 2 unspecified atom stereocenters. The van der Waals surface area contributed by atoms with Gasteiger partial charge in [-0.3, -0.25) is 0 Å². The standard InChI is InChI=1S/C14H21F2N/c1-5-14(9(2)3)17-10(4)12-8-11(15)6-7-13(12)16/h6-10,14,17H,5H2,1-4H3. The molecule has 0 aromatic heterocycles. The van der Waals surface area contributed by atoms with E-state index in [9.17, 15) is 8.78 Å². The maximum Gasteiger partial charge on any atom is 0.128 e. The van der Waals surface area contributed by atoms with Gasteiger partial charge in [0.15, 0.2) is 0 Å². The summed E-state index contributed by atoms with van der Waals surface area (Å²) < 4.78 is 26.7. The first kappa shape index (κ1) is 14.1. The molecule has 0 aliphatic carbocycles. The second kappa shape index (κ2) is 6.10. The van der Waals surface area contributed by atoms with Crippen LogP contribution in [-0.2, 0) is 0 Å².